The third-order valence-corrected chi connectivity index (χ3v) is 5.05. The van der Waals surface area contributed by atoms with Crippen molar-refractivity contribution < 1.29 is 14.3 Å². The number of hydrogen-bond donors (Lipinski definition) is 0. The number of nitrogens with zero attached hydrogens (tertiary/aromatic N) is 2. The van der Waals surface area contributed by atoms with Gasteiger partial charge in [-0.3, -0.25) is 4.79 Å². The molecule has 0 aromatic carbocycles. The number of likely N-dealkylation sites (tertiary alicyclic amines) is 1. The monoisotopic (exact) mass is 336 g/mol. The summed E-state index contributed by atoms with van der Waals surface area (Å²) >= 11 is 0. The maximum absolute atomic E-state index is 12.7. The maximum Gasteiger partial charge on any atom is 0.410 e. The van der Waals surface area contributed by atoms with Gasteiger partial charge in [0.05, 0.1) is 0 Å². The minimum absolute atomic E-state index is 0.109. The van der Waals surface area contributed by atoms with E-state index in [1.165, 1.54) is 0 Å². The Hall–Kier alpha value is -1.52. The van der Waals surface area contributed by atoms with Crippen LogP contribution in [0.4, 0.5) is 4.79 Å². The Bertz CT molecular complexity index is 513. The van der Waals surface area contributed by atoms with Crippen molar-refractivity contribution in [1.29, 1.82) is 0 Å². The van der Waals surface area contributed by atoms with Crippen molar-refractivity contribution in [2.75, 3.05) is 26.2 Å². The highest BCUT2D eigenvalue weighted by atomic mass is 16.6. The molecule has 1 aliphatic heterocycles. The number of carbonyl (C=O) groups excluding carboxylic acids is 2. The average Bonchev–Trinajstić information content (AvgIpc) is 3.16. The van der Waals surface area contributed by atoms with Crippen LogP contribution in [0.1, 0.15) is 53.9 Å². The fraction of sp³-hybridized carbons (Fsp3) is 0.789. The molecule has 1 saturated carbocycles. The fourth-order valence-electron chi connectivity index (χ4n) is 3.60. The third kappa shape index (κ3) is 4.31. The zero-order valence-corrected chi connectivity index (χ0v) is 15.9. The van der Waals surface area contributed by atoms with E-state index in [9.17, 15) is 9.59 Å². The summed E-state index contributed by atoms with van der Waals surface area (Å²) in [5.74, 6) is 0.379. The highest BCUT2D eigenvalue weighted by Crippen LogP contribution is 2.60. The van der Waals surface area contributed by atoms with Crippen LogP contribution in [0.2, 0.25) is 0 Å². The van der Waals surface area contributed by atoms with Gasteiger partial charge in [0.15, 0.2) is 0 Å². The van der Waals surface area contributed by atoms with Crippen molar-refractivity contribution >= 4 is 12.0 Å². The van der Waals surface area contributed by atoms with Gasteiger partial charge in [-0.2, -0.15) is 0 Å². The quantitative estimate of drug-likeness (QED) is 0.739. The molecule has 5 heteroatoms. The second-order valence-corrected chi connectivity index (χ2v) is 8.40. The van der Waals surface area contributed by atoms with Crippen LogP contribution in [0.15, 0.2) is 12.2 Å². The van der Waals surface area contributed by atoms with E-state index in [0.717, 1.165) is 31.4 Å². The number of hydrogen-bond acceptors (Lipinski definition) is 3. The Morgan fingerprint density at radius 2 is 1.88 bits per heavy atom. The minimum atomic E-state index is -0.464. The number of carbonyl (C=O) groups is 2. The number of piperidine rings is 1. The summed E-state index contributed by atoms with van der Waals surface area (Å²) in [7, 11) is 0. The lowest BCUT2D eigenvalue weighted by molar-refractivity contribution is -0.133. The smallest absolute Gasteiger partial charge is 0.410 e. The highest BCUT2D eigenvalue weighted by Gasteiger charge is 2.59. The Morgan fingerprint density at radius 1 is 1.29 bits per heavy atom. The summed E-state index contributed by atoms with van der Waals surface area (Å²) < 4.78 is 5.44. The van der Waals surface area contributed by atoms with Crippen LogP contribution < -0.4 is 0 Å². The van der Waals surface area contributed by atoms with Crippen molar-refractivity contribution in [3.8, 4) is 0 Å². The van der Waals surface area contributed by atoms with Gasteiger partial charge in [0, 0.05) is 32.1 Å². The standard InChI is InChI=1S/C19H32N2O3/c1-7-20(13-14(2)3)16(22)15-12-19(15)8-10-21(11-9-19)17(23)24-18(4,5)6/h15H,2,7-13H2,1,3-6H3/t15-/m0/s1. The van der Waals surface area contributed by atoms with Crippen molar-refractivity contribution in [2.45, 2.75) is 59.5 Å². The summed E-state index contributed by atoms with van der Waals surface area (Å²) in [4.78, 5) is 28.6. The van der Waals surface area contributed by atoms with Crippen molar-refractivity contribution in [2.24, 2.45) is 11.3 Å². The Labute approximate surface area is 146 Å². The van der Waals surface area contributed by atoms with Gasteiger partial charge in [0.25, 0.3) is 0 Å². The van der Waals surface area contributed by atoms with E-state index in [1.807, 2.05) is 39.5 Å². The highest BCUT2D eigenvalue weighted by molar-refractivity contribution is 5.83. The van der Waals surface area contributed by atoms with Crippen LogP contribution >= 0.6 is 0 Å². The molecule has 2 fully saturated rings. The summed E-state index contributed by atoms with van der Waals surface area (Å²) in [6.45, 7) is 16.3. The summed E-state index contributed by atoms with van der Waals surface area (Å²) in [6.07, 6.45) is 2.51. The van der Waals surface area contributed by atoms with E-state index < -0.39 is 5.60 Å². The molecule has 1 atom stereocenters. The predicted molar refractivity (Wildman–Crippen MR) is 94.6 cm³/mol. The molecule has 2 rings (SSSR count). The summed E-state index contributed by atoms with van der Waals surface area (Å²) in [5, 5.41) is 0. The molecule has 2 amide bonds. The van der Waals surface area contributed by atoms with E-state index in [1.54, 1.807) is 4.90 Å². The number of ether oxygens (including phenoxy) is 1. The van der Waals surface area contributed by atoms with Crippen LogP contribution in [0.3, 0.4) is 0 Å². The van der Waals surface area contributed by atoms with E-state index in [2.05, 4.69) is 6.58 Å². The van der Waals surface area contributed by atoms with Gasteiger partial charge in [-0.25, -0.2) is 4.79 Å². The molecular formula is C19H32N2O3. The van der Waals surface area contributed by atoms with Gasteiger partial charge < -0.3 is 14.5 Å². The predicted octanol–water partition coefficient (Wildman–Crippen LogP) is 3.45. The molecule has 0 bridgehead atoms. The number of likely N-dealkylation sites (N-methyl/N-ethyl adjacent to an activating group) is 1. The van der Waals surface area contributed by atoms with Gasteiger partial charge >= 0.3 is 6.09 Å². The van der Waals surface area contributed by atoms with E-state index in [4.69, 9.17) is 4.74 Å². The van der Waals surface area contributed by atoms with E-state index in [0.29, 0.717) is 19.6 Å². The Balaban J connectivity index is 1.88. The van der Waals surface area contributed by atoms with Crippen LogP contribution in [0, 0.1) is 11.3 Å². The molecule has 24 heavy (non-hydrogen) atoms. The van der Waals surface area contributed by atoms with Crippen LogP contribution in [0.25, 0.3) is 0 Å². The average molecular weight is 336 g/mol. The van der Waals surface area contributed by atoms with Gasteiger partial charge in [0.1, 0.15) is 5.60 Å². The third-order valence-electron chi connectivity index (χ3n) is 5.05. The number of amides is 2. The first-order chi connectivity index (χ1) is 11.1. The lowest BCUT2D eigenvalue weighted by Crippen LogP contribution is -2.43. The zero-order chi connectivity index (χ0) is 18.1. The Kier molecular flexibility index (Phi) is 5.31. The van der Waals surface area contributed by atoms with Gasteiger partial charge in [0.2, 0.25) is 5.91 Å². The molecule has 5 nitrogen and oxygen atoms in total. The summed E-state index contributed by atoms with van der Waals surface area (Å²) in [5.41, 5.74) is 0.659. The van der Waals surface area contributed by atoms with Gasteiger partial charge in [-0.15, -0.1) is 0 Å². The molecule has 1 heterocycles. The lowest BCUT2D eigenvalue weighted by atomic mass is 9.90. The largest absolute Gasteiger partial charge is 0.444 e. The summed E-state index contributed by atoms with van der Waals surface area (Å²) in [6, 6.07) is 0. The molecule has 1 saturated heterocycles. The zero-order valence-electron chi connectivity index (χ0n) is 15.9. The second-order valence-electron chi connectivity index (χ2n) is 8.40. The van der Waals surface area contributed by atoms with E-state index >= 15 is 0 Å². The second kappa shape index (κ2) is 6.77. The molecule has 2 aliphatic rings. The van der Waals surface area contributed by atoms with Gasteiger partial charge in [-0.05, 0) is 59.3 Å². The van der Waals surface area contributed by atoms with Crippen LogP contribution in [-0.2, 0) is 9.53 Å². The first kappa shape index (κ1) is 18.8. The van der Waals surface area contributed by atoms with Gasteiger partial charge in [-0.1, -0.05) is 12.2 Å². The molecule has 0 radical (unpaired) electrons. The van der Waals surface area contributed by atoms with Crippen LogP contribution in [0.5, 0.6) is 0 Å². The minimum Gasteiger partial charge on any atom is -0.444 e. The Morgan fingerprint density at radius 3 is 2.33 bits per heavy atom. The molecule has 0 unspecified atom stereocenters. The first-order valence-corrected chi connectivity index (χ1v) is 8.99. The molecule has 136 valence electrons. The normalized spacial score (nSPS) is 22.2. The SMILES string of the molecule is C=C(C)CN(CC)C(=O)[C@@H]1CC12CCN(C(=O)OC(C)(C)C)CC2. The molecule has 0 aromatic heterocycles. The molecule has 0 N–H and O–H groups in total. The fourth-order valence-corrected chi connectivity index (χ4v) is 3.60. The van der Waals surface area contributed by atoms with Crippen molar-refractivity contribution in [3.63, 3.8) is 0 Å². The van der Waals surface area contributed by atoms with Crippen molar-refractivity contribution in [1.82, 2.24) is 9.80 Å². The topological polar surface area (TPSA) is 49.9 Å². The lowest BCUT2D eigenvalue weighted by Gasteiger charge is -2.34. The van der Waals surface area contributed by atoms with Crippen molar-refractivity contribution in [3.05, 3.63) is 12.2 Å². The molecule has 1 aliphatic carbocycles. The number of rotatable bonds is 4. The molecular weight excluding hydrogens is 304 g/mol. The maximum atomic E-state index is 12.7. The van der Waals surface area contributed by atoms with Crippen LogP contribution in [-0.4, -0.2) is 53.6 Å². The first-order valence-electron chi connectivity index (χ1n) is 8.99. The molecule has 1 spiro atoms. The van der Waals surface area contributed by atoms with E-state index in [-0.39, 0.29) is 23.3 Å². The molecule has 0 aromatic rings.